The summed E-state index contributed by atoms with van der Waals surface area (Å²) in [6.45, 7) is 2.03. The first-order chi connectivity index (χ1) is 6.91. The highest BCUT2D eigenvalue weighted by Crippen LogP contribution is 2.01. The van der Waals surface area contributed by atoms with Crippen molar-refractivity contribution in [1.82, 2.24) is 0 Å². The Kier molecular flexibility index (Phi) is 5.42. The van der Waals surface area contributed by atoms with Gasteiger partial charge in [-0.3, -0.25) is 5.32 Å². The number of hydrogen-bond donors (Lipinski definition) is 3. The zero-order chi connectivity index (χ0) is 11.8. The van der Waals surface area contributed by atoms with Crippen molar-refractivity contribution in [2.45, 2.75) is 6.92 Å². The molecule has 0 saturated heterocycles. The number of aryl methyl sites for hydroxylation is 1. The largest absolute Gasteiger partial charge is 0.356 e. The highest BCUT2D eigenvalue weighted by atomic mass is 16.9. The van der Waals surface area contributed by atoms with Crippen LogP contribution in [-0.2, 0) is 0 Å². The summed E-state index contributed by atoms with van der Waals surface area (Å²) < 4.78 is 0. The zero-order valence-electron chi connectivity index (χ0n) is 8.14. The van der Waals surface area contributed by atoms with Crippen molar-refractivity contribution in [1.29, 1.82) is 5.41 Å². The van der Waals surface area contributed by atoms with Gasteiger partial charge < -0.3 is 21.1 Å². The second-order valence-electron chi connectivity index (χ2n) is 2.73. The Labute approximate surface area is 86.1 Å². The van der Waals surface area contributed by atoms with E-state index < -0.39 is 5.09 Å². The van der Waals surface area contributed by atoms with Crippen LogP contribution in [0.1, 0.15) is 5.56 Å². The molecular formula is C8H12N4O3. The molecule has 0 unspecified atom stereocenters. The summed E-state index contributed by atoms with van der Waals surface area (Å²) in [6.07, 6.45) is 0. The van der Waals surface area contributed by atoms with Gasteiger partial charge in [-0.1, -0.05) is 17.7 Å². The molecule has 0 bridgehead atoms. The van der Waals surface area contributed by atoms with Gasteiger partial charge in [0, 0.05) is 0 Å². The Balaban J connectivity index is 0.000000423. The van der Waals surface area contributed by atoms with Gasteiger partial charge in [0.25, 0.3) is 5.96 Å². The third-order valence-corrected chi connectivity index (χ3v) is 1.40. The van der Waals surface area contributed by atoms with Crippen LogP contribution in [-0.4, -0.2) is 11.0 Å². The molecule has 7 heteroatoms. The van der Waals surface area contributed by atoms with E-state index in [9.17, 15) is 0 Å². The van der Waals surface area contributed by atoms with Crippen LogP contribution in [0.4, 0.5) is 5.69 Å². The quantitative estimate of drug-likeness (QED) is 0.196. The highest BCUT2D eigenvalue weighted by molar-refractivity contribution is 5.65. The summed E-state index contributed by atoms with van der Waals surface area (Å²) >= 11 is 0. The van der Waals surface area contributed by atoms with Crippen molar-refractivity contribution in [2.75, 3.05) is 0 Å². The minimum atomic E-state index is -1.75. The van der Waals surface area contributed by atoms with Gasteiger partial charge in [-0.15, -0.1) is 0 Å². The van der Waals surface area contributed by atoms with Crippen LogP contribution in [0.5, 0.6) is 0 Å². The third-order valence-electron chi connectivity index (χ3n) is 1.40. The summed E-state index contributed by atoms with van der Waals surface area (Å²) in [5.41, 5.74) is 7.38. The standard InChI is InChI=1S/C8H11N3.NO3/c1-6-2-4-7(5-3-6)11-8(9)10;2-1(3)4/h2-5H,1H3,(H4,9,10,11);/q;-1/p+1. The average Bonchev–Trinajstić information content (AvgIpc) is 2.07. The first-order valence-corrected chi connectivity index (χ1v) is 3.99. The molecule has 82 valence electrons. The Morgan fingerprint density at radius 2 is 1.80 bits per heavy atom. The van der Waals surface area contributed by atoms with E-state index in [1.54, 1.807) is 5.32 Å². The van der Waals surface area contributed by atoms with Crippen LogP contribution in [0.3, 0.4) is 0 Å². The summed E-state index contributed by atoms with van der Waals surface area (Å²) in [5.74, 6) is 0.0915. The maximum absolute atomic E-state index is 8.25. The van der Waals surface area contributed by atoms with Gasteiger partial charge in [0.2, 0.25) is 0 Å². The van der Waals surface area contributed by atoms with Crippen molar-refractivity contribution in [3.63, 3.8) is 0 Å². The fourth-order valence-corrected chi connectivity index (χ4v) is 0.842. The molecule has 0 aromatic heterocycles. The van der Waals surface area contributed by atoms with Gasteiger partial charge in [-0.05, 0) is 19.1 Å². The second-order valence-corrected chi connectivity index (χ2v) is 2.73. The Morgan fingerprint density at radius 3 is 2.13 bits per heavy atom. The number of nitrogens with one attached hydrogen (secondary N) is 1. The SMILES string of the molecule is Cc1ccc([NH2+]C(=N)N)cc1.O=[N+]([O-])[O-]. The van der Waals surface area contributed by atoms with Gasteiger partial charge in [0.05, 0.1) is 5.09 Å². The van der Waals surface area contributed by atoms with E-state index >= 15 is 0 Å². The molecule has 0 saturated carbocycles. The molecule has 1 rings (SSSR count). The molecule has 1 aromatic rings. The Hall–Kier alpha value is -2.15. The van der Waals surface area contributed by atoms with Crippen molar-refractivity contribution >= 4 is 11.6 Å². The van der Waals surface area contributed by atoms with Gasteiger partial charge in [-0.25, -0.2) is 5.41 Å². The fraction of sp³-hybridized carbons (Fsp3) is 0.125. The predicted octanol–water partition coefficient (Wildman–Crippen LogP) is -0.156. The summed E-state index contributed by atoms with van der Waals surface area (Å²) in [4.78, 5) is 8.25. The lowest BCUT2D eigenvalue weighted by Gasteiger charge is -1.96. The van der Waals surface area contributed by atoms with E-state index in [1.165, 1.54) is 5.56 Å². The van der Waals surface area contributed by atoms with Crippen LogP contribution in [0.25, 0.3) is 0 Å². The minimum Gasteiger partial charge on any atom is -0.356 e. The molecule has 0 fully saturated rings. The summed E-state index contributed by atoms with van der Waals surface area (Å²) in [7, 11) is 0. The molecule has 5 N–H and O–H groups in total. The van der Waals surface area contributed by atoms with Gasteiger partial charge in [0.15, 0.2) is 0 Å². The molecule has 0 aliphatic rings. The number of nitrogens with two attached hydrogens (primary N) is 2. The minimum absolute atomic E-state index is 0.0915. The highest BCUT2D eigenvalue weighted by Gasteiger charge is 1.96. The summed E-state index contributed by atoms with van der Waals surface area (Å²) in [6, 6.07) is 7.87. The number of nitrogens with zero attached hydrogens (tertiary/aromatic N) is 1. The first kappa shape index (κ1) is 12.8. The topological polar surface area (TPSA) is 133 Å². The average molecular weight is 212 g/mol. The number of hydrogen-bond acceptors (Lipinski definition) is 4. The molecular weight excluding hydrogens is 200 g/mol. The molecule has 0 spiro atoms. The van der Waals surface area contributed by atoms with E-state index in [-0.39, 0.29) is 5.96 Å². The maximum Gasteiger partial charge on any atom is 0.293 e. The molecule has 0 heterocycles. The van der Waals surface area contributed by atoms with E-state index in [0.29, 0.717) is 0 Å². The lowest BCUT2D eigenvalue weighted by Crippen LogP contribution is -2.84. The molecule has 0 aliphatic carbocycles. The third kappa shape index (κ3) is 8.19. The van der Waals surface area contributed by atoms with Gasteiger partial charge in [0.1, 0.15) is 5.69 Å². The predicted molar refractivity (Wildman–Crippen MR) is 55.0 cm³/mol. The van der Waals surface area contributed by atoms with Crippen LogP contribution < -0.4 is 11.1 Å². The first-order valence-electron chi connectivity index (χ1n) is 3.99. The van der Waals surface area contributed by atoms with E-state index in [2.05, 4.69) is 0 Å². The lowest BCUT2D eigenvalue weighted by molar-refractivity contribution is -0.447. The van der Waals surface area contributed by atoms with Gasteiger partial charge >= 0.3 is 0 Å². The molecule has 7 nitrogen and oxygen atoms in total. The van der Waals surface area contributed by atoms with E-state index in [0.717, 1.165) is 5.69 Å². The second kappa shape index (κ2) is 6.33. The smallest absolute Gasteiger partial charge is 0.293 e. The molecule has 1 aromatic carbocycles. The molecule has 15 heavy (non-hydrogen) atoms. The van der Waals surface area contributed by atoms with Crippen molar-refractivity contribution in [3.8, 4) is 0 Å². The van der Waals surface area contributed by atoms with Crippen LogP contribution in [0.15, 0.2) is 24.3 Å². The number of guanidine groups is 1. The Bertz CT molecular complexity index is 332. The van der Waals surface area contributed by atoms with E-state index in [4.69, 9.17) is 26.5 Å². The van der Waals surface area contributed by atoms with Crippen LogP contribution in [0.2, 0.25) is 0 Å². The molecule has 0 amide bonds. The van der Waals surface area contributed by atoms with Crippen molar-refractivity contribution in [3.05, 3.63) is 45.2 Å². The van der Waals surface area contributed by atoms with Crippen LogP contribution >= 0.6 is 0 Å². The fourth-order valence-electron chi connectivity index (χ4n) is 0.842. The van der Waals surface area contributed by atoms with Gasteiger partial charge in [-0.2, -0.15) is 0 Å². The lowest BCUT2D eigenvalue weighted by atomic mass is 10.2. The van der Waals surface area contributed by atoms with Crippen LogP contribution in [0, 0.1) is 27.7 Å². The molecule has 0 radical (unpaired) electrons. The Morgan fingerprint density at radius 1 is 1.40 bits per heavy atom. The number of rotatable bonds is 1. The molecule has 0 atom stereocenters. The number of quaternary nitrogens is 1. The monoisotopic (exact) mass is 212 g/mol. The molecule has 0 aliphatic heterocycles. The normalized spacial score (nSPS) is 8.60. The van der Waals surface area contributed by atoms with Crippen molar-refractivity contribution < 1.29 is 10.4 Å². The zero-order valence-corrected chi connectivity index (χ0v) is 8.14. The van der Waals surface area contributed by atoms with E-state index in [1.807, 2.05) is 31.2 Å². The number of benzene rings is 1. The maximum atomic E-state index is 8.25. The van der Waals surface area contributed by atoms with Crippen molar-refractivity contribution in [2.24, 2.45) is 5.73 Å². The summed E-state index contributed by atoms with van der Waals surface area (Å²) in [5, 5.41) is 23.4.